The molecule has 0 bridgehead atoms. The standard InChI is InChI=1S/C20H18N2O6S/c1-26-12-7-3-5-10-9-13(28-16(10)12)17(23)21-19-15(18(24)22-20(25)27-2)11-6-4-8-14(11)29-19/h3,5,7,9H,4,6,8H2,1-2H3,(H,21,23)(H,22,24,25). The maximum atomic E-state index is 12.8. The van der Waals surface area contributed by atoms with Gasteiger partial charge >= 0.3 is 6.09 Å². The van der Waals surface area contributed by atoms with E-state index in [0.717, 1.165) is 28.7 Å². The Bertz CT molecular complexity index is 1130. The Morgan fingerprint density at radius 3 is 2.72 bits per heavy atom. The Morgan fingerprint density at radius 2 is 1.97 bits per heavy atom. The van der Waals surface area contributed by atoms with Gasteiger partial charge in [0.25, 0.3) is 11.8 Å². The number of rotatable bonds is 4. The zero-order chi connectivity index (χ0) is 20.5. The third-order valence-electron chi connectivity index (χ3n) is 4.73. The summed E-state index contributed by atoms with van der Waals surface area (Å²) < 4.78 is 15.4. The number of fused-ring (bicyclic) bond motifs is 2. The number of aryl methyl sites for hydroxylation is 1. The Morgan fingerprint density at radius 1 is 1.14 bits per heavy atom. The summed E-state index contributed by atoms with van der Waals surface area (Å²) >= 11 is 1.34. The van der Waals surface area contributed by atoms with Crippen LogP contribution in [0.15, 0.2) is 28.7 Å². The van der Waals surface area contributed by atoms with Crippen molar-refractivity contribution < 1.29 is 28.3 Å². The molecule has 3 aromatic rings. The molecule has 0 saturated carbocycles. The van der Waals surface area contributed by atoms with E-state index in [1.54, 1.807) is 18.2 Å². The summed E-state index contributed by atoms with van der Waals surface area (Å²) in [6.45, 7) is 0. The molecule has 29 heavy (non-hydrogen) atoms. The summed E-state index contributed by atoms with van der Waals surface area (Å²) in [6.07, 6.45) is 1.62. The molecule has 150 valence electrons. The zero-order valence-corrected chi connectivity index (χ0v) is 16.6. The van der Waals surface area contributed by atoms with Gasteiger partial charge in [0.1, 0.15) is 5.00 Å². The van der Waals surface area contributed by atoms with Gasteiger partial charge in [0.05, 0.1) is 19.8 Å². The smallest absolute Gasteiger partial charge is 0.413 e. The molecular weight excluding hydrogens is 396 g/mol. The molecule has 1 aliphatic carbocycles. The SMILES string of the molecule is COC(=O)NC(=O)c1c(NC(=O)c2cc3cccc(OC)c3o2)sc2c1CCC2. The Balaban J connectivity index is 1.65. The maximum absolute atomic E-state index is 12.8. The normalized spacial score (nSPS) is 12.5. The summed E-state index contributed by atoms with van der Waals surface area (Å²) in [7, 11) is 2.70. The summed E-state index contributed by atoms with van der Waals surface area (Å²) in [5.41, 5.74) is 1.63. The molecule has 1 aliphatic rings. The summed E-state index contributed by atoms with van der Waals surface area (Å²) in [6, 6.07) is 6.97. The second-order valence-corrected chi connectivity index (χ2v) is 7.56. The number of furan rings is 1. The van der Waals surface area contributed by atoms with Crippen LogP contribution >= 0.6 is 11.3 Å². The summed E-state index contributed by atoms with van der Waals surface area (Å²) in [4.78, 5) is 37.9. The fraction of sp³-hybridized carbons (Fsp3) is 0.250. The van der Waals surface area contributed by atoms with E-state index >= 15 is 0 Å². The number of benzene rings is 1. The minimum absolute atomic E-state index is 0.0948. The van der Waals surface area contributed by atoms with Gasteiger partial charge in [-0.1, -0.05) is 12.1 Å². The number of alkyl carbamates (subject to hydrolysis) is 1. The molecule has 0 atom stereocenters. The highest BCUT2D eigenvalue weighted by atomic mass is 32.1. The lowest BCUT2D eigenvalue weighted by Gasteiger charge is -2.07. The van der Waals surface area contributed by atoms with Crippen LogP contribution < -0.4 is 15.4 Å². The molecule has 0 saturated heterocycles. The van der Waals surface area contributed by atoms with Crippen molar-refractivity contribution in [3.8, 4) is 5.75 Å². The van der Waals surface area contributed by atoms with Crippen LogP contribution in [0.5, 0.6) is 5.75 Å². The van der Waals surface area contributed by atoms with Crippen molar-refractivity contribution in [1.82, 2.24) is 5.32 Å². The van der Waals surface area contributed by atoms with E-state index < -0.39 is 17.9 Å². The van der Waals surface area contributed by atoms with Gasteiger partial charge < -0.3 is 19.2 Å². The number of nitrogens with one attached hydrogen (secondary N) is 2. The molecule has 0 fully saturated rings. The number of thiophene rings is 1. The van der Waals surface area contributed by atoms with E-state index in [0.29, 0.717) is 28.3 Å². The molecule has 0 spiro atoms. The zero-order valence-electron chi connectivity index (χ0n) is 15.8. The summed E-state index contributed by atoms with van der Waals surface area (Å²) in [5, 5.41) is 6.04. The first-order valence-electron chi connectivity index (χ1n) is 8.93. The van der Waals surface area contributed by atoms with Crippen LogP contribution in [0.4, 0.5) is 9.80 Å². The number of hydrogen-bond acceptors (Lipinski definition) is 7. The molecule has 2 N–H and O–H groups in total. The number of methoxy groups -OCH3 is 2. The molecule has 2 aromatic heterocycles. The van der Waals surface area contributed by atoms with Crippen molar-refractivity contribution in [2.75, 3.05) is 19.5 Å². The molecule has 8 nitrogen and oxygen atoms in total. The third kappa shape index (κ3) is 3.44. The molecule has 3 amide bonds. The Hall–Kier alpha value is -3.33. The predicted molar refractivity (Wildman–Crippen MR) is 107 cm³/mol. The van der Waals surface area contributed by atoms with Crippen LogP contribution in [-0.4, -0.2) is 32.1 Å². The highest BCUT2D eigenvalue weighted by Gasteiger charge is 2.29. The molecule has 9 heteroatoms. The van der Waals surface area contributed by atoms with Gasteiger partial charge in [0, 0.05) is 10.3 Å². The molecular formula is C20H18N2O6S. The van der Waals surface area contributed by atoms with Crippen molar-refractivity contribution in [3.63, 3.8) is 0 Å². The van der Waals surface area contributed by atoms with Crippen molar-refractivity contribution in [2.45, 2.75) is 19.3 Å². The average molecular weight is 414 g/mol. The fourth-order valence-electron chi connectivity index (χ4n) is 3.41. The predicted octanol–water partition coefficient (Wildman–Crippen LogP) is 3.74. The molecule has 1 aromatic carbocycles. The largest absolute Gasteiger partial charge is 0.493 e. The van der Waals surface area contributed by atoms with Crippen LogP contribution in [0.2, 0.25) is 0 Å². The second-order valence-electron chi connectivity index (χ2n) is 6.45. The van der Waals surface area contributed by atoms with Gasteiger partial charge in [0.15, 0.2) is 17.1 Å². The van der Waals surface area contributed by atoms with E-state index in [-0.39, 0.29) is 5.76 Å². The lowest BCUT2D eigenvalue weighted by molar-refractivity contribution is 0.0937. The highest BCUT2D eigenvalue weighted by molar-refractivity contribution is 7.17. The van der Waals surface area contributed by atoms with E-state index in [1.807, 2.05) is 6.07 Å². The van der Waals surface area contributed by atoms with E-state index in [4.69, 9.17) is 9.15 Å². The molecule has 2 heterocycles. The van der Waals surface area contributed by atoms with Gasteiger partial charge in [-0.05, 0) is 37.0 Å². The topological polar surface area (TPSA) is 107 Å². The van der Waals surface area contributed by atoms with Gasteiger partial charge in [-0.3, -0.25) is 14.9 Å². The van der Waals surface area contributed by atoms with Crippen LogP contribution in [0.25, 0.3) is 11.0 Å². The lowest BCUT2D eigenvalue weighted by atomic mass is 10.1. The first-order valence-corrected chi connectivity index (χ1v) is 9.75. The Labute approximate surface area is 169 Å². The van der Waals surface area contributed by atoms with Gasteiger partial charge in [-0.15, -0.1) is 11.3 Å². The quantitative estimate of drug-likeness (QED) is 0.674. The molecule has 0 radical (unpaired) electrons. The average Bonchev–Trinajstić information content (AvgIpc) is 3.40. The van der Waals surface area contributed by atoms with Gasteiger partial charge in [-0.2, -0.15) is 0 Å². The van der Waals surface area contributed by atoms with Crippen LogP contribution in [0, 0.1) is 0 Å². The maximum Gasteiger partial charge on any atom is 0.413 e. The van der Waals surface area contributed by atoms with E-state index in [2.05, 4.69) is 15.4 Å². The number of amides is 3. The third-order valence-corrected chi connectivity index (χ3v) is 5.94. The monoisotopic (exact) mass is 414 g/mol. The number of hydrogen-bond donors (Lipinski definition) is 2. The van der Waals surface area contributed by atoms with E-state index in [1.165, 1.54) is 25.6 Å². The molecule has 0 aliphatic heterocycles. The van der Waals surface area contributed by atoms with Crippen LogP contribution in [0.1, 0.15) is 37.8 Å². The number of ether oxygens (including phenoxy) is 2. The lowest BCUT2D eigenvalue weighted by Crippen LogP contribution is -2.31. The van der Waals surface area contributed by atoms with Crippen molar-refractivity contribution in [1.29, 1.82) is 0 Å². The fourth-order valence-corrected chi connectivity index (χ4v) is 4.69. The number of anilines is 1. The highest BCUT2D eigenvalue weighted by Crippen LogP contribution is 2.39. The van der Waals surface area contributed by atoms with Crippen LogP contribution in [-0.2, 0) is 17.6 Å². The van der Waals surface area contributed by atoms with Crippen LogP contribution in [0.3, 0.4) is 0 Å². The molecule has 4 rings (SSSR count). The van der Waals surface area contributed by atoms with Crippen molar-refractivity contribution >= 4 is 45.2 Å². The van der Waals surface area contributed by atoms with Crippen molar-refractivity contribution in [2.24, 2.45) is 0 Å². The van der Waals surface area contributed by atoms with E-state index in [9.17, 15) is 14.4 Å². The Kier molecular flexibility index (Phi) is 4.98. The van der Waals surface area contributed by atoms with Gasteiger partial charge in [0.2, 0.25) is 0 Å². The number of imide groups is 1. The number of carbonyl (C=O) groups excluding carboxylic acids is 3. The summed E-state index contributed by atoms with van der Waals surface area (Å²) in [5.74, 6) is -0.472. The first-order chi connectivity index (χ1) is 14.0. The van der Waals surface area contributed by atoms with Gasteiger partial charge in [-0.25, -0.2) is 4.79 Å². The van der Waals surface area contributed by atoms with Crippen molar-refractivity contribution in [3.05, 3.63) is 46.0 Å². The number of para-hydroxylation sites is 1. The minimum atomic E-state index is -0.852. The second kappa shape index (κ2) is 7.59. The molecule has 0 unspecified atom stereocenters. The minimum Gasteiger partial charge on any atom is -0.493 e. The number of carbonyl (C=O) groups is 3. The first kappa shape index (κ1) is 19.0.